The van der Waals surface area contributed by atoms with E-state index in [0.29, 0.717) is 0 Å². The maximum atomic E-state index is 11.5. The highest BCUT2D eigenvalue weighted by atomic mass is 32.2. The lowest BCUT2D eigenvalue weighted by Crippen LogP contribution is -2.32. The quantitative estimate of drug-likeness (QED) is 0.614. The van der Waals surface area contributed by atoms with E-state index in [1.807, 2.05) is 19.1 Å². The molecule has 0 aliphatic heterocycles. The summed E-state index contributed by atoms with van der Waals surface area (Å²) in [7, 11) is -1.59. The predicted octanol–water partition coefficient (Wildman–Crippen LogP) is 1.23. The van der Waals surface area contributed by atoms with Crippen LogP contribution in [0.1, 0.15) is 12.5 Å². The Labute approximate surface area is 103 Å². The molecule has 0 unspecified atom stereocenters. The number of rotatable bonds is 5. The number of benzene rings is 1. The van der Waals surface area contributed by atoms with Crippen molar-refractivity contribution in [1.29, 1.82) is 0 Å². The second-order valence-corrected chi connectivity index (χ2v) is 6.27. The fraction of sp³-hybridized carbons (Fsp3) is 0.455. The molecule has 0 fully saturated rings. The van der Waals surface area contributed by atoms with E-state index in [2.05, 4.69) is 5.32 Å². The minimum absolute atomic E-state index is 0.103. The average Bonchev–Trinajstić information content (AvgIpc) is 2.30. The lowest BCUT2D eigenvalue weighted by molar-refractivity contribution is 0.491. The van der Waals surface area contributed by atoms with Gasteiger partial charge in [-0.1, -0.05) is 0 Å². The van der Waals surface area contributed by atoms with Crippen LogP contribution in [-0.2, 0) is 10.0 Å². The van der Waals surface area contributed by atoms with Crippen molar-refractivity contribution < 1.29 is 8.42 Å². The zero-order valence-electron chi connectivity index (χ0n) is 10.4. The molecule has 0 aliphatic carbocycles. The third kappa shape index (κ3) is 3.61. The van der Waals surface area contributed by atoms with Gasteiger partial charge in [-0.15, -0.1) is 0 Å². The van der Waals surface area contributed by atoms with Crippen LogP contribution in [0, 0.1) is 6.92 Å². The molecule has 0 aliphatic rings. The van der Waals surface area contributed by atoms with Gasteiger partial charge in [0.1, 0.15) is 0 Å². The van der Waals surface area contributed by atoms with Gasteiger partial charge in [-0.05, 0) is 37.6 Å². The van der Waals surface area contributed by atoms with Crippen molar-refractivity contribution in [1.82, 2.24) is 4.31 Å². The largest absolute Gasteiger partial charge is 0.399 e. The van der Waals surface area contributed by atoms with Gasteiger partial charge in [0, 0.05) is 18.4 Å². The van der Waals surface area contributed by atoms with Crippen molar-refractivity contribution in [3.05, 3.63) is 23.8 Å². The molecule has 0 saturated heterocycles. The van der Waals surface area contributed by atoms with Crippen molar-refractivity contribution in [3.8, 4) is 0 Å². The van der Waals surface area contributed by atoms with Crippen LogP contribution in [0.15, 0.2) is 18.2 Å². The van der Waals surface area contributed by atoms with Crippen molar-refractivity contribution >= 4 is 21.4 Å². The lowest BCUT2D eigenvalue weighted by atomic mass is 10.2. The molecule has 3 N–H and O–H groups in total. The maximum Gasteiger partial charge on any atom is 0.215 e. The minimum Gasteiger partial charge on any atom is -0.399 e. The number of sulfonamides is 1. The molecule has 0 atom stereocenters. The zero-order chi connectivity index (χ0) is 13.1. The molecule has 0 radical (unpaired) electrons. The second kappa shape index (κ2) is 5.37. The normalized spacial score (nSPS) is 11.8. The van der Waals surface area contributed by atoms with Gasteiger partial charge in [-0.25, -0.2) is 8.42 Å². The van der Waals surface area contributed by atoms with Crippen molar-refractivity contribution in [2.24, 2.45) is 0 Å². The van der Waals surface area contributed by atoms with Gasteiger partial charge in [-0.2, -0.15) is 4.31 Å². The monoisotopic (exact) mass is 257 g/mol. The summed E-state index contributed by atoms with van der Waals surface area (Å²) in [6.45, 7) is 3.78. The summed E-state index contributed by atoms with van der Waals surface area (Å²) in [5, 5.41) is 3.04. The smallest absolute Gasteiger partial charge is 0.215 e. The summed E-state index contributed by atoms with van der Waals surface area (Å²) in [4.78, 5) is 0. The molecule has 0 amide bonds. The predicted molar refractivity (Wildman–Crippen MR) is 71.3 cm³/mol. The highest BCUT2D eigenvalue weighted by Crippen LogP contribution is 2.16. The molecule has 1 aromatic rings. The highest BCUT2D eigenvalue weighted by Gasteiger charge is 2.14. The first-order chi connectivity index (χ1) is 7.86. The van der Waals surface area contributed by atoms with Gasteiger partial charge in [0.25, 0.3) is 0 Å². The minimum atomic E-state index is -3.14. The molecule has 0 aromatic heterocycles. The van der Waals surface area contributed by atoms with Crippen LogP contribution in [0.5, 0.6) is 0 Å². The molecule has 0 bridgehead atoms. The first-order valence-corrected chi connectivity index (χ1v) is 7.01. The number of anilines is 2. The topological polar surface area (TPSA) is 75.4 Å². The lowest BCUT2D eigenvalue weighted by Gasteiger charge is -2.17. The third-order valence-corrected chi connectivity index (χ3v) is 4.42. The summed E-state index contributed by atoms with van der Waals surface area (Å²) >= 11 is 0. The molecule has 96 valence electrons. The number of hydrogen-bond acceptors (Lipinski definition) is 4. The molecular formula is C11H19N3O2S. The Kier molecular flexibility index (Phi) is 4.36. The molecule has 17 heavy (non-hydrogen) atoms. The molecule has 1 rings (SSSR count). The Morgan fingerprint density at radius 3 is 2.59 bits per heavy atom. The van der Waals surface area contributed by atoms with Crippen LogP contribution < -0.4 is 11.1 Å². The van der Waals surface area contributed by atoms with E-state index in [0.717, 1.165) is 16.9 Å². The number of aryl methyl sites for hydroxylation is 1. The van der Waals surface area contributed by atoms with E-state index >= 15 is 0 Å². The summed E-state index contributed by atoms with van der Waals surface area (Å²) < 4.78 is 24.3. The number of nitrogens with zero attached hydrogens (tertiary/aromatic N) is 1. The summed E-state index contributed by atoms with van der Waals surface area (Å²) in [5.74, 6) is 0.103. The molecule has 5 nitrogen and oxygen atoms in total. The molecular weight excluding hydrogens is 238 g/mol. The number of nitrogens with two attached hydrogens (primary N) is 1. The number of nitrogens with one attached hydrogen (secondary N) is 1. The van der Waals surface area contributed by atoms with Crippen LogP contribution in [0.4, 0.5) is 11.4 Å². The van der Waals surface area contributed by atoms with E-state index in [9.17, 15) is 8.42 Å². The van der Waals surface area contributed by atoms with Gasteiger partial charge in [0.15, 0.2) is 0 Å². The Morgan fingerprint density at radius 2 is 2.06 bits per heavy atom. The summed E-state index contributed by atoms with van der Waals surface area (Å²) in [6.07, 6.45) is 0. The van der Waals surface area contributed by atoms with E-state index in [4.69, 9.17) is 5.73 Å². The number of hydrogen-bond donors (Lipinski definition) is 2. The summed E-state index contributed by atoms with van der Waals surface area (Å²) in [6, 6.07) is 5.52. The van der Waals surface area contributed by atoms with Gasteiger partial charge in [-0.3, -0.25) is 0 Å². The van der Waals surface area contributed by atoms with Gasteiger partial charge >= 0.3 is 0 Å². The van der Waals surface area contributed by atoms with Gasteiger partial charge < -0.3 is 11.1 Å². The average molecular weight is 257 g/mol. The summed E-state index contributed by atoms with van der Waals surface area (Å²) in [5.41, 5.74) is 8.25. The zero-order valence-corrected chi connectivity index (χ0v) is 11.2. The van der Waals surface area contributed by atoms with Gasteiger partial charge in [0.2, 0.25) is 10.0 Å². The Bertz CT molecular complexity index is 485. The third-order valence-electron chi connectivity index (χ3n) is 2.62. The van der Waals surface area contributed by atoms with Crippen LogP contribution in [0.2, 0.25) is 0 Å². The van der Waals surface area contributed by atoms with Crippen molar-refractivity contribution in [2.45, 2.75) is 13.8 Å². The van der Waals surface area contributed by atoms with Crippen LogP contribution in [-0.4, -0.2) is 32.2 Å². The molecule has 1 aromatic carbocycles. The molecule has 6 heteroatoms. The molecule has 0 saturated carbocycles. The molecule has 0 heterocycles. The van der Waals surface area contributed by atoms with Gasteiger partial charge in [0.05, 0.1) is 12.4 Å². The van der Waals surface area contributed by atoms with Crippen LogP contribution in [0.3, 0.4) is 0 Å². The fourth-order valence-corrected chi connectivity index (χ4v) is 2.01. The van der Waals surface area contributed by atoms with E-state index in [-0.39, 0.29) is 12.4 Å². The number of nitrogen functional groups attached to an aromatic ring is 1. The van der Waals surface area contributed by atoms with Crippen LogP contribution >= 0.6 is 0 Å². The molecule has 0 spiro atoms. The Hall–Kier alpha value is -1.27. The van der Waals surface area contributed by atoms with E-state index in [1.54, 1.807) is 20.0 Å². The van der Waals surface area contributed by atoms with E-state index in [1.165, 1.54) is 4.31 Å². The second-order valence-electron chi connectivity index (χ2n) is 3.90. The van der Waals surface area contributed by atoms with Crippen molar-refractivity contribution in [3.63, 3.8) is 0 Å². The first kappa shape index (κ1) is 13.8. The SMILES string of the molecule is CCS(=O)(=O)N(C)CNc1ccc(N)c(C)c1. The van der Waals surface area contributed by atoms with E-state index < -0.39 is 10.0 Å². The highest BCUT2D eigenvalue weighted by molar-refractivity contribution is 7.89. The van der Waals surface area contributed by atoms with Crippen LogP contribution in [0.25, 0.3) is 0 Å². The standard InChI is InChI=1S/C11H19N3O2S/c1-4-17(15,16)14(3)8-13-10-5-6-11(12)9(2)7-10/h5-7,13H,4,8,12H2,1-3H3. The fourth-order valence-electron chi connectivity index (χ4n) is 1.31. The Morgan fingerprint density at radius 1 is 1.41 bits per heavy atom. The van der Waals surface area contributed by atoms with Crippen molar-refractivity contribution in [2.75, 3.05) is 30.5 Å². The Balaban J connectivity index is 2.65. The maximum absolute atomic E-state index is 11.5. The first-order valence-electron chi connectivity index (χ1n) is 5.41.